The topological polar surface area (TPSA) is 79.3 Å². The van der Waals surface area contributed by atoms with Crippen molar-refractivity contribution < 1.29 is 18.0 Å². The summed E-state index contributed by atoms with van der Waals surface area (Å²) in [6.45, 7) is 1.50. The summed E-state index contributed by atoms with van der Waals surface area (Å²) in [5, 5.41) is 4.80. The Morgan fingerprint density at radius 1 is 1.06 bits per heavy atom. The van der Waals surface area contributed by atoms with Crippen LogP contribution in [0.5, 0.6) is 0 Å². The molecule has 4 rings (SSSR count). The van der Waals surface area contributed by atoms with Crippen molar-refractivity contribution in [3.8, 4) is 11.1 Å². The number of para-hydroxylation sites is 1. The van der Waals surface area contributed by atoms with Crippen molar-refractivity contribution in [3.63, 3.8) is 0 Å². The molecule has 0 bridgehead atoms. The number of H-pyrrole nitrogens is 1. The maximum atomic E-state index is 13.7. The SMILES string of the molecule is Cc1nc2c(-c3ccccc3)c(C(F)(F)F)[nH]n2c(=O)c1CC(=O)Nc1ccccc1. The largest absolute Gasteiger partial charge is 0.433 e. The molecule has 0 aliphatic heterocycles. The van der Waals surface area contributed by atoms with E-state index < -0.39 is 23.3 Å². The van der Waals surface area contributed by atoms with E-state index in [4.69, 9.17) is 0 Å². The summed E-state index contributed by atoms with van der Waals surface area (Å²) in [5.41, 5.74) is -1.16. The Hall–Kier alpha value is -3.88. The summed E-state index contributed by atoms with van der Waals surface area (Å²) < 4.78 is 41.9. The minimum atomic E-state index is -4.73. The van der Waals surface area contributed by atoms with E-state index in [0.717, 1.165) is 4.52 Å². The van der Waals surface area contributed by atoms with Gasteiger partial charge in [0, 0.05) is 16.9 Å². The van der Waals surface area contributed by atoms with Crippen molar-refractivity contribution in [2.45, 2.75) is 19.5 Å². The quantitative estimate of drug-likeness (QED) is 0.513. The Bertz CT molecular complexity index is 1310. The summed E-state index contributed by atoms with van der Waals surface area (Å²) in [4.78, 5) is 29.7. The molecule has 2 aromatic heterocycles. The van der Waals surface area contributed by atoms with E-state index in [0.29, 0.717) is 5.69 Å². The number of benzene rings is 2. The molecule has 0 aliphatic carbocycles. The second-order valence-electron chi connectivity index (χ2n) is 6.96. The van der Waals surface area contributed by atoms with Gasteiger partial charge in [-0.25, -0.2) is 9.50 Å². The first kappa shape index (κ1) is 20.4. The lowest BCUT2D eigenvalue weighted by molar-refractivity contribution is -0.140. The predicted molar refractivity (Wildman–Crippen MR) is 110 cm³/mol. The second kappa shape index (κ2) is 7.75. The van der Waals surface area contributed by atoms with E-state index >= 15 is 0 Å². The smallest absolute Gasteiger partial charge is 0.326 e. The lowest BCUT2D eigenvalue weighted by atomic mass is 10.1. The Morgan fingerprint density at radius 2 is 1.68 bits per heavy atom. The number of anilines is 1. The number of fused-ring (bicyclic) bond motifs is 1. The minimum Gasteiger partial charge on any atom is -0.326 e. The number of carbonyl (C=O) groups is 1. The van der Waals surface area contributed by atoms with Gasteiger partial charge in [-0.05, 0) is 24.6 Å². The molecule has 0 aliphatic rings. The van der Waals surface area contributed by atoms with Gasteiger partial charge >= 0.3 is 6.18 Å². The molecule has 0 radical (unpaired) electrons. The van der Waals surface area contributed by atoms with Gasteiger partial charge in [-0.1, -0.05) is 48.5 Å². The number of aromatic amines is 1. The number of aromatic nitrogens is 3. The van der Waals surface area contributed by atoms with Gasteiger partial charge < -0.3 is 5.32 Å². The highest BCUT2D eigenvalue weighted by atomic mass is 19.4. The number of alkyl halides is 3. The molecule has 0 unspecified atom stereocenters. The van der Waals surface area contributed by atoms with Gasteiger partial charge in [0.25, 0.3) is 5.56 Å². The maximum absolute atomic E-state index is 13.7. The van der Waals surface area contributed by atoms with E-state index in [-0.39, 0.29) is 34.5 Å². The highest BCUT2D eigenvalue weighted by molar-refractivity contribution is 5.92. The Kier molecular flexibility index (Phi) is 5.10. The van der Waals surface area contributed by atoms with Crippen LogP contribution in [-0.4, -0.2) is 20.5 Å². The molecule has 0 atom stereocenters. The van der Waals surface area contributed by atoms with Crippen LogP contribution in [0.2, 0.25) is 0 Å². The zero-order valence-electron chi connectivity index (χ0n) is 16.3. The third kappa shape index (κ3) is 3.94. The van der Waals surface area contributed by atoms with Crippen LogP contribution in [0.4, 0.5) is 18.9 Å². The fourth-order valence-electron chi connectivity index (χ4n) is 3.39. The van der Waals surface area contributed by atoms with Crippen molar-refractivity contribution in [1.29, 1.82) is 0 Å². The Morgan fingerprint density at radius 3 is 2.29 bits per heavy atom. The summed E-state index contributed by atoms with van der Waals surface area (Å²) >= 11 is 0. The summed E-state index contributed by atoms with van der Waals surface area (Å²) in [5.74, 6) is -0.473. The van der Waals surface area contributed by atoms with Gasteiger partial charge in [0.15, 0.2) is 5.65 Å². The molecule has 0 saturated heterocycles. The molecule has 0 spiro atoms. The number of nitrogens with zero attached hydrogens (tertiary/aromatic N) is 2. The molecule has 9 heteroatoms. The third-order valence-corrected chi connectivity index (χ3v) is 4.82. The van der Waals surface area contributed by atoms with Crippen LogP contribution in [0.15, 0.2) is 65.5 Å². The van der Waals surface area contributed by atoms with Gasteiger partial charge in [-0.15, -0.1) is 0 Å². The standard InChI is InChI=1S/C22H17F3N4O2/c1-13-16(12-17(30)27-15-10-6-3-7-11-15)21(31)29-20(26-13)18(14-8-4-2-5-9-14)19(28-29)22(23,24)25/h2-11,28H,12H2,1H3,(H,27,30). The molecule has 158 valence electrons. The first-order chi connectivity index (χ1) is 14.8. The number of halogens is 3. The van der Waals surface area contributed by atoms with Gasteiger partial charge in [-0.2, -0.15) is 13.2 Å². The molecule has 0 fully saturated rings. The summed E-state index contributed by atoms with van der Waals surface area (Å²) in [6.07, 6.45) is -5.05. The maximum Gasteiger partial charge on any atom is 0.433 e. The predicted octanol–water partition coefficient (Wildman–Crippen LogP) is 4.20. The average molecular weight is 426 g/mol. The van der Waals surface area contributed by atoms with Crippen LogP contribution in [0.3, 0.4) is 0 Å². The molecule has 6 nitrogen and oxygen atoms in total. The zero-order valence-corrected chi connectivity index (χ0v) is 16.3. The van der Waals surface area contributed by atoms with Crippen LogP contribution in [0.25, 0.3) is 16.8 Å². The van der Waals surface area contributed by atoms with Crippen LogP contribution in [0.1, 0.15) is 17.0 Å². The zero-order chi connectivity index (χ0) is 22.2. The van der Waals surface area contributed by atoms with Crippen LogP contribution in [-0.2, 0) is 17.4 Å². The number of hydrogen-bond donors (Lipinski definition) is 2. The first-order valence-electron chi connectivity index (χ1n) is 9.37. The molecule has 2 N–H and O–H groups in total. The van der Waals surface area contributed by atoms with Gasteiger partial charge in [0.05, 0.1) is 12.0 Å². The minimum absolute atomic E-state index is 0.0144. The van der Waals surface area contributed by atoms with Crippen LogP contribution < -0.4 is 10.9 Å². The summed E-state index contributed by atoms with van der Waals surface area (Å²) in [6, 6.07) is 16.6. The monoisotopic (exact) mass is 426 g/mol. The van der Waals surface area contributed by atoms with E-state index in [2.05, 4.69) is 15.4 Å². The van der Waals surface area contributed by atoms with Gasteiger partial charge in [0.2, 0.25) is 5.91 Å². The molecule has 31 heavy (non-hydrogen) atoms. The molecule has 4 aromatic rings. The first-order valence-corrected chi connectivity index (χ1v) is 9.37. The molecule has 2 heterocycles. The van der Waals surface area contributed by atoms with Crippen molar-refractivity contribution in [1.82, 2.24) is 14.6 Å². The van der Waals surface area contributed by atoms with E-state index in [1.54, 1.807) is 48.5 Å². The molecular weight excluding hydrogens is 409 g/mol. The fourth-order valence-corrected chi connectivity index (χ4v) is 3.39. The second-order valence-corrected chi connectivity index (χ2v) is 6.96. The van der Waals surface area contributed by atoms with Gasteiger partial charge in [0.1, 0.15) is 5.69 Å². The lowest BCUT2D eigenvalue weighted by Crippen LogP contribution is -2.26. The molecule has 1 amide bonds. The number of aryl methyl sites for hydroxylation is 1. The van der Waals surface area contributed by atoms with Crippen LogP contribution >= 0.6 is 0 Å². The average Bonchev–Trinajstić information content (AvgIpc) is 3.12. The lowest BCUT2D eigenvalue weighted by Gasteiger charge is -2.08. The fraction of sp³-hybridized carbons (Fsp3) is 0.136. The van der Waals surface area contributed by atoms with Crippen molar-refractivity contribution in [2.24, 2.45) is 0 Å². The molecule has 0 saturated carbocycles. The van der Waals surface area contributed by atoms with Crippen molar-refractivity contribution in [3.05, 3.63) is 88.0 Å². The van der Waals surface area contributed by atoms with Crippen LogP contribution in [0, 0.1) is 6.92 Å². The normalized spacial score (nSPS) is 11.6. The number of carbonyl (C=O) groups excluding carboxylic acids is 1. The number of nitrogens with one attached hydrogen (secondary N) is 2. The van der Waals surface area contributed by atoms with Crippen molar-refractivity contribution in [2.75, 3.05) is 5.32 Å². The van der Waals surface area contributed by atoms with Gasteiger partial charge in [-0.3, -0.25) is 14.7 Å². The highest BCUT2D eigenvalue weighted by Gasteiger charge is 2.38. The Labute approximate surface area is 174 Å². The number of amides is 1. The summed E-state index contributed by atoms with van der Waals surface area (Å²) in [7, 11) is 0. The van der Waals surface area contributed by atoms with Crippen molar-refractivity contribution >= 4 is 17.2 Å². The number of hydrogen-bond acceptors (Lipinski definition) is 3. The van der Waals surface area contributed by atoms with E-state index in [1.165, 1.54) is 19.1 Å². The van der Waals surface area contributed by atoms with E-state index in [1.807, 2.05) is 0 Å². The highest BCUT2D eigenvalue weighted by Crippen LogP contribution is 2.38. The molecular formula is C22H17F3N4O2. The number of rotatable bonds is 4. The Balaban J connectivity index is 1.82. The molecule has 2 aromatic carbocycles. The van der Waals surface area contributed by atoms with E-state index in [9.17, 15) is 22.8 Å². The third-order valence-electron chi connectivity index (χ3n) is 4.82.